The molecule has 0 aromatic heterocycles. The highest BCUT2D eigenvalue weighted by molar-refractivity contribution is 9.10. The van der Waals surface area contributed by atoms with Crippen molar-refractivity contribution in [3.8, 4) is 0 Å². The van der Waals surface area contributed by atoms with Crippen LogP contribution < -0.4 is 4.90 Å². The second-order valence-corrected chi connectivity index (χ2v) is 3.45. The number of aliphatic hydroxyl groups excluding tert-OH is 1. The van der Waals surface area contributed by atoms with Crippen molar-refractivity contribution in [1.29, 1.82) is 0 Å². The van der Waals surface area contributed by atoms with E-state index in [0.29, 0.717) is 6.54 Å². The van der Waals surface area contributed by atoms with Gasteiger partial charge in [0.05, 0.1) is 12.3 Å². The van der Waals surface area contributed by atoms with Gasteiger partial charge in [-0.2, -0.15) is 0 Å². The zero-order valence-corrected chi connectivity index (χ0v) is 8.58. The third-order valence-electron chi connectivity index (χ3n) is 1.70. The van der Waals surface area contributed by atoms with Gasteiger partial charge in [-0.05, 0) is 28.1 Å². The molecule has 66 valence electrons. The molecule has 0 aliphatic carbocycles. The van der Waals surface area contributed by atoms with E-state index < -0.39 is 0 Å². The monoisotopic (exact) mass is 229 g/mol. The van der Waals surface area contributed by atoms with Crippen molar-refractivity contribution in [2.45, 2.75) is 0 Å². The van der Waals surface area contributed by atoms with Crippen molar-refractivity contribution < 1.29 is 5.11 Å². The first-order chi connectivity index (χ1) is 5.75. The Hall–Kier alpha value is -0.540. The minimum atomic E-state index is 0.178. The van der Waals surface area contributed by atoms with Crippen LogP contribution in [0.25, 0.3) is 0 Å². The minimum absolute atomic E-state index is 0.178. The molecular formula is C9H12BrNO. The first-order valence-corrected chi connectivity index (χ1v) is 4.61. The first kappa shape index (κ1) is 9.55. The third kappa shape index (κ3) is 2.22. The van der Waals surface area contributed by atoms with Crippen molar-refractivity contribution in [1.82, 2.24) is 0 Å². The quantitative estimate of drug-likeness (QED) is 0.856. The van der Waals surface area contributed by atoms with E-state index in [9.17, 15) is 0 Å². The van der Waals surface area contributed by atoms with Gasteiger partial charge in [-0.3, -0.25) is 0 Å². The second kappa shape index (κ2) is 4.48. The lowest BCUT2D eigenvalue weighted by atomic mass is 10.3. The molecule has 1 rings (SSSR count). The summed E-state index contributed by atoms with van der Waals surface area (Å²) < 4.78 is 1.06. The van der Waals surface area contributed by atoms with Crippen LogP contribution in [0, 0.1) is 0 Å². The molecule has 0 saturated heterocycles. The van der Waals surface area contributed by atoms with E-state index in [1.165, 1.54) is 0 Å². The van der Waals surface area contributed by atoms with Crippen LogP contribution >= 0.6 is 15.9 Å². The molecular weight excluding hydrogens is 218 g/mol. The number of aliphatic hydroxyl groups is 1. The maximum Gasteiger partial charge on any atom is 0.0606 e. The molecule has 1 aromatic rings. The number of hydrogen-bond donors (Lipinski definition) is 1. The molecule has 1 aromatic carbocycles. The summed E-state index contributed by atoms with van der Waals surface area (Å²) in [5, 5.41) is 8.73. The molecule has 1 N–H and O–H groups in total. The molecule has 0 aliphatic heterocycles. The van der Waals surface area contributed by atoms with Crippen LogP contribution in [0.3, 0.4) is 0 Å². The van der Waals surface area contributed by atoms with Crippen LogP contribution in [0.5, 0.6) is 0 Å². The molecule has 0 heterocycles. The van der Waals surface area contributed by atoms with Gasteiger partial charge < -0.3 is 10.0 Å². The highest BCUT2D eigenvalue weighted by Crippen LogP contribution is 2.23. The Kier molecular flexibility index (Phi) is 3.56. The van der Waals surface area contributed by atoms with E-state index in [0.717, 1.165) is 10.2 Å². The van der Waals surface area contributed by atoms with E-state index in [1.807, 2.05) is 36.2 Å². The van der Waals surface area contributed by atoms with Crippen molar-refractivity contribution in [3.05, 3.63) is 28.7 Å². The Bertz CT molecular complexity index is 252. The van der Waals surface area contributed by atoms with Gasteiger partial charge in [-0.1, -0.05) is 12.1 Å². The van der Waals surface area contributed by atoms with E-state index in [4.69, 9.17) is 5.11 Å². The van der Waals surface area contributed by atoms with Gasteiger partial charge in [-0.25, -0.2) is 0 Å². The van der Waals surface area contributed by atoms with Crippen molar-refractivity contribution in [2.24, 2.45) is 0 Å². The largest absolute Gasteiger partial charge is 0.395 e. The average Bonchev–Trinajstić information content (AvgIpc) is 2.05. The van der Waals surface area contributed by atoms with Crippen LogP contribution in [-0.2, 0) is 0 Å². The molecule has 0 unspecified atom stereocenters. The fourth-order valence-corrected chi connectivity index (χ4v) is 1.62. The lowest BCUT2D eigenvalue weighted by Gasteiger charge is -2.18. The highest BCUT2D eigenvalue weighted by Gasteiger charge is 2.02. The topological polar surface area (TPSA) is 23.5 Å². The van der Waals surface area contributed by atoms with E-state index >= 15 is 0 Å². The standard InChI is InChI=1S/C9H12BrNO/c1-11(6-7-12)9-5-3-2-4-8(9)10/h2-5,12H,6-7H2,1H3. The van der Waals surface area contributed by atoms with Crippen LogP contribution in [-0.4, -0.2) is 25.3 Å². The predicted octanol–water partition coefficient (Wildman–Crippen LogP) is 1.88. The van der Waals surface area contributed by atoms with E-state index in [2.05, 4.69) is 15.9 Å². The van der Waals surface area contributed by atoms with E-state index in [1.54, 1.807) is 0 Å². The normalized spacial score (nSPS) is 9.92. The van der Waals surface area contributed by atoms with Crippen molar-refractivity contribution in [3.63, 3.8) is 0 Å². The Morgan fingerprint density at radius 2 is 2.08 bits per heavy atom. The first-order valence-electron chi connectivity index (χ1n) is 3.82. The number of hydrogen-bond acceptors (Lipinski definition) is 2. The minimum Gasteiger partial charge on any atom is -0.395 e. The Balaban J connectivity index is 2.79. The van der Waals surface area contributed by atoms with Crippen LogP contribution in [0.1, 0.15) is 0 Å². The summed E-state index contributed by atoms with van der Waals surface area (Å²) in [6.45, 7) is 0.834. The molecule has 0 fully saturated rings. The molecule has 0 radical (unpaired) electrons. The molecule has 12 heavy (non-hydrogen) atoms. The summed E-state index contributed by atoms with van der Waals surface area (Å²) in [7, 11) is 1.95. The molecule has 0 spiro atoms. The maximum absolute atomic E-state index is 8.73. The smallest absolute Gasteiger partial charge is 0.0606 e. The number of nitrogens with zero attached hydrogens (tertiary/aromatic N) is 1. The molecule has 0 saturated carbocycles. The molecule has 0 amide bonds. The molecule has 0 atom stereocenters. The molecule has 0 aliphatic rings. The number of anilines is 1. The zero-order chi connectivity index (χ0) is 8.97. The molecule has 0 bridgehead atoms. The number of benzene rings is 1. The Morgan fingerprint density at radius 3 is 2.67 bits per heavy atom. The fourth-order valence-electron chi connectivity index (χ4n) is 1.03. The van der Waals surface area contributed by atoms with Crippen LogP contribution in [0.15, 0.2) is 28.7 Å². The number of rotatable bonds is 3. The third-order valence-corrected chi connectivity index (χ3v) is 2.37. The summed E-state index contributed by atoms with van der Waals surface area (Å²) in [5.74, 6) is 0. The van der Waals surface area contributed by atoms with Gasteiger partial charge in [0, 0.05) is 18.1 Å². The number of para-hydroxylation sites is 1. The van der Waals surface area contributed by atoms with E-state index in [-0.39, 0.29) is 6.61 Å². The fraction of sp³-hybridized carbons (Fsp3) is 0.333. The summed E-state index contributed by atoms with van der Waals surface area (Å²) in [5.41, 5.74) is 1.10. The van der Waals surface area contributed by atoms with Crippen LogP contribution in [0.4, 0.5) is 5.69 Å². The molecule has 2 nitrogen and oxygen atoms in total. The summed E-state index contributed by atoms with van der Waals surface area (Å²) in [6.07, 6.45) is 0. The summed E-state index contributed by atoms with van der Waals surface area (Å²) in [6, 6.07) is 7.96. The maximum atomic E-state index is 8.73. The average molecular weight is 230 g/mol. The van der Waals surface area contributed by atoms with Gasteiger partial charge >= 0.3 is 0 Å². The predicted molar refractivity (Wildman–Crippen MR) is 54.5 cm³/mol. The number of likely N-dealkylation sites (N-methyl/N-ethyl adjacent to an activating group) is 1. The highest BCUT2D eigenvalue weighted by atomic mass is 79.9. The number of halogens is 1. The molecule has 3 heteroatoms. The lowest BCUT2D eigenvalue weighted by Crippen LogP contribution is -2.21. The van der Waals surface area contributed by atoms with Gasteiger partial charge in [0.2, 0.25) is 0 Å². The lowest BCUT2D eigenvalue weighted by molar-refractivity contribution is 0.304. The van der Waals surface area contributed by atoms with Gasteiger partial charge in [0.25, 0.3) is 0 Å². The van der Waals surface area contributed by atoms with Crippen molar-refractivity contribution in [2.75, 3.05) is 25.1 Å². The SMILES string of the molecule is CN(CCO)c1ccccc1Br. The summed E-state index contributed by atoms with van der Waals surface area (Å²) >= 11 is 3.44. The van der Waals surface area contributed by atoms with Crippen molar-refractivity contribution >= 4 is 21.6 Å². The van der Waals surface area contributed by atoms with Gasteiger partial charge in [-0.15, -0.1) is 0 Å². The van der Waals surface area contributed by atoms with Crippen LogP contribution in [0.2, 0.25) is 0 Å². The second-order valence-electron chi connectivity index (χ2n) is 2.60. The zero-order valence-electron chi connectivity index (χ0n) is 7.00. The summed E-state index contributed by atoms with van der Waals surface area (Å²) in [4.78, 5) is 2.00. The Labute approximate surface area is 80.9 Å². The van der Waals surface area contributed by atoms with Gasteiger partial charge in [0.15, 0.2) is 0 Å². The Morgan fingerprint density at radius 1 is 1.42 bits per heavy atom. The van der Waals surface area contributed by atoms with Gasteiger partial charge in [0.1, 0.15) is 0 Å².